The number of anilines is 3. The minimum Gasteiger partial charge on any atom is -0.350 e. The van der Waals surface area contributed by atoms with Crippen LogP contribution >= 0.6 is 0 Å². The summed E-state index contributed by atoms with van der Waals surface area (Å²) in [5.41, 5.74) is 0.820. The molecule has 6 rings (SSSR count). The van der Waals surface area contributed by atoms with E-state index in [1.54, 1.807) is 37.6 Å². The maximum Gasteiger partial charge on any atom is 0.238 e. The minimum absolute atomic E-state index is 0.0330. The number of pyridine rings is 1. The van der Waals surface area contributed by atoms with Crippen LogP contribution in [0, 0.1) is 16.7 Å². The van der Waals surface area contributed by atoms with E-state index in [1.807, 2.05) is 11.0 Å². The van der Waals surface area contributed by atoms with Crippen LogP contribution in [0.3, 0.4) is 0 Å². The largest absolute Gasteiger partial charge is 0.350 e. The lowest BCUT2D eigenvalue weighted by Crippen LogP contribution is -2.61. The molecule has 1 saturated heterocycles. The van der Waals surface area contributed by atoms with Gasteiger partial charge in [0.1, 0.15) is 29.2 Å². The van der Waals surface area contributed by atoms with Crippen molar-refractivity contribution in [3.63, 3.8) is 0 Å². The van der Waals surface area contributed by atoms with Crippen LogP contribution < -0.4 is 9.80 Å². The highest BCUT2D eigenvalue weighted by Gasteiger charge is 2.60. The molecule has 2 aromatic rings. The van der Waals surface area contributed by atoms with E-state index < -0.39 is 5.41 Å². The summed E-state index contributed by atoms with van der Waals surface area (Å²) in [5.74, 6) is 2.42. The third kappa shape index (κ3) is 3.55. The molecule has 4 aliphatic rings. The molecule has 4 heterocycles. The van der Waals surface area contributed by atoms with Gasteiger partial charge in [0.25, 0.3) is 0 Å². The zero-order valence-electron chi connectivity index (χ0n) is 22.5. The van der Waals surface area contributed by atoms with Crippen molar-refractivity contribution >= 4 is 29.3 Å². The molecule has 10 nitrogen and oxygen atoms in total. The number of hydrogen-bond donors (Lipinski definition) is 0. The van der Waals surface area contributed by atoms with Crippen molar-refractivity contribution in [2.75, 3.05) is 43.5 Å². The van der Waals surface area contributed by atoms with Crippen molar-refractivity contribution in [2.24, 2.45) is 5.41 Å². The number of carbonyl (C=O) groups is 2. The Hall–Kier alpha value is -3.74. The van der Waals surface area contributed by atoms with E-state index in [4.69, 9.17) is 9.97 Å². The van der Waals surface area contributed by atoms with E-state index in [0.717, 1.165) is 48.8 Å². The van der Waals surface area contributed by atoms with E-state index in [1.165, 1.54) is 0 Å². The van der Waals surface area contributed by atoms with E-state index in [9.17, 15) is 14.9 Å². The number of aromatic nitrogens is 3. The highest BCUT2D eigenvalue weighted by Crippen LogP contribution is 2.56. The van der Waals surface area contributed by atoms with Gasteiger partial charge in [-0.3, -0.25) is 9.59 Å². The molecule has 2 aliphatic heterocycles. The van der Waals surface area contributed by atoms with Crippen LogP contribution in [0.2, 0.25) is 0 Å². The average Bonchev–Trinajstić information content (AvgIpc) is 3.62. The molecule has 2 saturated carbocycles. The van der Waals surface area contributed by atoms with Gasteiger partial charge in [0.15, 0.2) is 0 Å². The molecular weight excluding hydrogens is 480 g/mol. The van der Waals surface area contributed by atoms with Crippen molar-refractivity contribution in [2.45, 2.75) is 63.5 Å². The Balaban J connectivity index is 1.32. The highest BCUT2D eigenvalue weighted by molar-refractivity contribution is 6.07. The fraction of sp³-hybridized carbons (Fsp3) is 0.571. The van der Waals surface area contributed by atoms with Crippen molar-refractivity contribution in [1.82, 2.24) is 24.8 Å². The molecule has 0 radical (unpaired) electrons. The summed E-state index contributed by atoms with van der Waals surface area (Å²) in [7, 11) is 3.45. The number of piperazine rings is 1. The molecule has 10 heteroatoms. The van der Waals surface area contributed by atoms with Crippen LogP contribution in [0.15, 0.2) is 24.7 Å². The van der Waals surface area contributed by atoms with E-state index >= 15 is 0 Å². The summed E-state index contributed by atoms with van der Waals surface area (Å²) >= 11 is 0. The van der Waals surface area contributed by atoms with Crippen LogP contribution in [0.5, 0.6) is 0 Å². The first-order valence-corrected chi connectivity index (χ1v) is 13.5. The number of carbonyl (C=O) groups excluding carboxylic acids is 2. The monoisotopic (exact) mass is 514 g/mol. The number of hydrogen-bond acceptors (Lipinski definition) is 8. The molecule has 0 bridgehead atoms. The summed E-state index contributed by atoms with van der Waals surface area (Å²) in [6, 6.07) is 5.73. The SMILES string of the molecule is C[C@@H]1CN(c2ncnc3c2C2(CCC2)CN3c2cc(C#N)ccn2)[C@@H](C)CN1C(=O)C1(C(=O)N(C)C)CC1. The Bertz CT molecular complexity index is 1340. The second-order valence-corrected chi connectivity index (χ2v) is 11.7. The predicted octanol–water partition coefficient (Wildman–Crippen LogP) is 2.61. The number of fused-ring (bicyclic) bond motifs is 2. The van der Waals surface area contributed by atoms with Gasteiger partial charge in [0.05, 0.1) is 11.6 Å². The normalized spacial score (nSPS) is 24.4. The minimum atomic E-state index is -0.878. The number of nitrogens with zero attached hydrogens (tertiary/aromatic N) is 8. The van der Waals surface area contributed by atoms with E-state index in [0.29, 0.717) is 31.5 Å². The van der Waals surface area contributed by atoms with Gasteiger partial charge < -0.3 is 19.6 Å². The van der Waals surface area contributed by atoms with Crippen LogP contribution in [0.4, 0.5) is 17.5 Å². The van der Waals surface area contributed by atoms with Gasteiger partial charge in [-0.2, -0.15) is 5.26 Å². The van der Waals surface area contributed by atoms with Crippen LogP contribution in [-0.2, 0) is 15.0 Å². The summed E-state index contributed by atoms with van der Waals surface area (Å²) in [4.78, 5) is 48.5. The van der Waals surface area contributed by atoms with Crippen molar-refractivity contribution < 1.29 is 9.59 Å². The van der Waals surface area contributed by atoms with Gasteiger partial charge in [-0.1, -0.05) is 6.42 Å². The lowest BCUT2D eigenvalue weighted by molar-refractivity contribution is -0.150. The van der Waals surface area contributed by atoms with Gasteiger partial charge in [-0.05, 0) is 51.7 Å². The first-order valence-electron chi connectivity index (χ1n) is 13.5. The smallest absolute Gasteiger partial charge is 0.238 e. The van der Waals surface area contributed by atoms with Crippen LogP contribution in [0.1, 0.15) is 57.1 Å². The standard InChI is InChI=1S/C28H34N8O2/c1-18-15-35(26(38)28(9-10-28)25(37)33(3)4)19(2)14-34(18)23-22-24(32-17-31-23)36(16-27(22)7-5-8-27)21-12-20(13-29)6-11-30-21/h6,11-12,17-19H,5,7-10,14-16H2,1-4H3/t18-,19+/m0/s1. The topological polar surface area (TPSA) is 110 Å². The molecule has 38 heavy (non-hydrogen) atoms. The van der Waals surface area contributed by atoms with Gasteiger partial charge in [0, 0.05) is 63.0 Å². The van der Waals surface area contributed by atoms with E-state index in [-0.39, 0.29) is 29.3 Å². The summed E-state index contributed by atoms with van der Waals surface area (Å²) in [6.45, 7) is 6.15. The first-order chi connectivity index (χ1) is 18.2. The summed E-state index contributed by atoms with van der Waals surface area (Å²) in [6.07, 6.45) is 7.83. The highest BCUT2D eigenvalue weighted by atomic mass is 16.2. The number of amides is 2. The predicted molar refractivity (Wildman–Crippen MR) is 142 cm³/mol. The molecule has 2 amide bonds. The second-order valence-electron chi connectivity index (χ2n) is 11.7. The molecular formula is C28H34N8O2. The zero-order valence-corrected chi connectivity index (χ0v) is 22.5. The van der Waals surface area contributed by atoms with E-state index in [2.05, 4.69) is 34.7 Å². The van der Waals surface area contributed by atoms with Crippen molar-refractivity contribution in [1.29, 1.82) is 5.26 Å². The first kappa shape index (κ1) is 24.6. The Kier molecular flexibility index (Phi) is 5.60. The average molecular weight is 515 g/mol. The van der Waals surface area contributed by atoms with Gasteiger partial charge >= 0.3 is 0 Å². The molecule has 2 aromatic heterocycles. The second kappa shape index (κ2) is 8.65. The Morgan fingerprint density at radius 3 is 2.42 bits per heavy atom. The molecule has 0 unspecified atom stereocenters. The van der Waals surface area contributed by atoms with Crippen molar-refractivity contribution in [3.8, 4) is 6.07 Å². The number of rotatable bonds is 4. The summed E-state index contributed by atoms with van der Waals surface area (Å²) < 4.78 is 0. The molecule has 1 spiro atoms. The molecule has 0 aromatic carbocycles. The molecule has 3 fully saturated rings. The van der Waals surface area contributed by atoms with Crippen molar-refractivity contribution in [3.05, 3.63) is 35.8 Å². The Morgan fingerprint density at radius 1 is 1.05 bits per heavy atom. The molecule has 0 N–H and O–H groups in total. The maximum atomic E-state index is 13.6. The molecule has 2 aliphatic carbocycles. The quantitative estimate of drug-likeness (QED) is 0.573. The lowest BCUT2D eigenvalue weighted by atomic mass is 9.66. The third-order valence-corrected chi connectivity index (χ3v) is 9.01. The number of nitriles is 1. The lowest BCUT2D eigenvalue weighted by Gasteiger charge is -2.47. The fourth-order valence-corrected chi connectivity index (χ4v) is 6.61. The Labute approximate surface area is 223 Å². The molecule has 2 atom stereocenters. The molecule has 198 valence electrons. The van der Waals surface area contributed by atoms with Crippen LogP contribution in [0.25, 0.3) is 0 Å². The van der Waals surface area contributed by atoms with Crippen LogP contribution in [-0.4, -0.2) is 82.4 Å². The van der Waals surface area contributed by atoms with Gasteiger partial charge in [-0.25, -0.2) is 15.0 Å². The zero-order chi connectivity index (χ0) is 26.8. The van der Waals surface area contributed by atoms with Gasteiger partial charge in [-0.15, -0.1) is 0 Å². The summed E-state index contributed by atoms with van der Waals surface area (Å²) in [5, 5.41) is 9.42. The van der Waals surface area contributed by atoms with Gasteiger partial charge in [0.2, 0.25) is 11.8 Å². The maximum absolute atomic E-state index is 13.6. The Morgan fingerprint density at radius 2 is 1.79 bits per heavy atom. The third-order valence-electron chi connectivity index (χ3n) is 9.01. The fourth-order valence-electron chi connectivity index (χ4n) is 6.61.